The molecule has 1 heterocycles. The number of carbonyl (C=O) groups excluding carboxylic acids is 1. The highest BCUT2D eigenvalue weighted by Crippen LogP contribution is 2.41. The van der Waals surface area contributed by atoms with Gasteiger partial charge in [0.2, 0.25) is 0 Å². The zero-order valence-corrected chi connectivity index (χ0v) is 16.7. The average Bonchev–Trinajstić information content (AvgIpc) is 2.80. The molecule has 3 nitrogen and oxygen atoms in total. The molecule has 1 saturated heterocycles. The number of hydrogen-bond donors (Lipinski definition) is 1. The first-order valence-corrected chi connectivity index (χ1v) is 10.3. The first kappa shape index (κ1) is 19.6. The van der Waals surface area contributed by atoms with Crippen molar-refractivity contribution in [1.82, 2.24) is 4.90 Å². The first-order chi connectivity index (χ1) is 14.1. The summed E-state index contributed by atoms with van der Waals surface area (Å²) in [6.07, 6.45) is 0.525. The number of piperidine rings is 1. The number of rotatable bonds is 5. The fourth-order valence-electron chi connectivity index (χ4n) is 4.43. The fraction of sp³-hybridized carbons (Fsp3) is 0.269. The second-order valence-corrected chi connectivity index (χ2v) is 7.90. The Morgan fingerprint density at radius 2 is 1.48 bits per heavy atom. The number of likely N-dealkylation sites (tertiary alicyclic amines) is 1. The maximum Gasteiger partial charge on any atom is 0.170 e. The van der Waals surface area contributed by atoms with Crippen molar-refractivity contribution in [3.8, 4) is 0 Å². The molecule has 3 atom stereocenters. The number of hydrogen-bond acceptors (Lipinski definition) is 3. The van der Waals surface area contributed by atoms with Crippen LogP contribution < -0.4 is 0 Å². The quantitative estimate of drug-likeness (QED) is 0.639. The van der Waals surface area contributed by atoms with Crippen molar-refractivity contribution in [3.05, 3.63) is 108 Å². The Morgan fingerprint density at radius 3 is 2.10 bits per heavy atom. The number of carbonyl (C=O) groups is 1. The lowest BCUT2D eigenvalue weighted by atomic mass is 9.72. The molecule has 0 radical (unpaired) electrons. The van der Waals surface area contributed by atoms with Crippen LogP contribution in [0.4, 0.5) is 0 Å². The van der Waals surface area contributed by atoms with Crippen LogP contribution in [0.25, 0.3) is 0 Å². The van der Waals surface area contributed by atoms with Crippen LogP contribution in [0.1, 0.15) is 40.9 Å². The van der Waals surface area contributed by atoms with Crippen molar-refractivity contribution < 1.29 is 9.90 Å². The lowest BCUT2D eigenvalue weighted by Gasteiger charge is -2.46. The van der Waals surface area contributed by atoms with Crippen LogP contribution in [0.5, 0.6) is 0 Å². The summed E-state index contributed by atoms with van der Waals surface area (Å²) in [5, 5.41) is 11.8. The largest absolute Gasteiger partial charge is 0.384 e. The maximum absolute atomic E-state index is 13.5. The summed E-state index contributed by atoms with van der Waals surface area (Å²) in [6, 6.07) is 29.5. The van der Waals surface area contributed by atoms with Crippen molar-refractivity contribution in [2.45, 2.75) is 25.0 Å². The van der Waals surface area contributed by atoms with Crippen molar-refractivity contribution in [2.24, 2.45) is 5.92 Å². The van der Waals surface area contributed by atoms with E-state index in [9.17, 15) is 9.90 Å². The van der Waals surface area contributed by atoms with E-state index in [1.54, 1.807) is 0 Å². The molecule has 3 aromatic rings. The van der Waals surface area contributed by atoms with E-state index in [2.05, 4.69) is 24.0 Å². The van der Waals surface area contributed by atoms with Crippen molar-refractivity contribution in [3.63, 3.8) is 0 Å². The van der Waals surface area contributed by atoms with Crippen LogP contribution in [0, 0.1) is 5.92 Å². The molecule has 29 heavy (non-hydrogen) atoms. The van der Waals surface area contributed by atoms with E-state index in [1.807, 2.05) is 78.9 Å². The summed E-state index contributed by atoms with van der Waals surface area (Å²) >= 11 is 0. The molecule has 3 aromatic carbocycles. The molecule has 1 fully saturated rings. The van der Waals surface area contributed by atoms with Crippen LogP contribution in [-0.4, -0.2) is 28.9 Å². The SMILES string of the molecule is CC(c1ccccc1)N1CCC(O)(c2ccccc2)C(C(=O)c2ccccc2)C1. The highest BCUT2D eigenvalue weighted by Gasteiger charge is 2.47. The van der Waals surface area contributed by atoms with Gasteiger partial charge in [-0.25, -0.2) is 0 Å². The number of Topliss-reactive ketones (excluding diaryl/α,β-unsaturated/α-hetero) is 1. The Bertz CT molecular complexity index is 942. The van der Waals surface area contributed by atoms with Crippen LogP contribution in [0.3, 0.4) is 0 Å². The van der Waals surface area contributed by atoms with Gasteiger partial charge >= 0.3 is 0 Å². The monoisotopic (exact) mass is 385 g/mol. The number of ketones is 1. The molecule has 0 saturated carbocycles. The van der Waals surface area contributed by atoms with Gasteiger partial charge in [-0.05, 0) is 24.5 Å². The van der Waals surface area contributed by atoms with E-state index in [0.717, 1.165) is 12.1 Å². The van der Waals surface area contributed by atoms with Gasteiger partial charge in [0, 0.05) is 24.7 Å². The highest BCUT2D eigenvalue weighted by atomic mass is 16.3. The molecule has 4 rings (SSSR count). The molecule has 0 aromatic heterocycles. The Hall–Kier alpha value is -2.75. The van der Waals surface area contributed by atoms with Crippen molar-refractivity contribution >= 4 is 5.78 Å². The molecule has 148 valence electrons. The smallest absolute Gasteiger partial charge is 0.170 e. The van der Waals surface area contributed by atoms with Crippen LogP contribution in [-0.2, 0) is 5.60 Å². The molecular weight excluding hydrogens is 358 g/mol. The van der Waals surface area contributed by atoms with Gasteiger partial charge in [0.05, 0.1) is 5.92 Å². The van der Waals surface area contributed by atoms with Gasteiger partial charge in [0.1, 0.15) is 5.60 Å². The predicted octanol–water partition coefficient (Wildman–Crippen LogP) is 4.84. The number of nitrogens with zero attached hydrogens (tertiary/aromatic N) is 1. The summed E-state index contributed by atoms with van der Waals surface area (Å²) in [6.45, 7) is 3.43. The van der Waals surface area contributed by atoms with Crippen molar-refractivity contribution in [1.29, 1.82) is 0 Å². The summed E-state index contributed by atoms with van der Waals surface area (Å²) in [5.41, 5.74) is 1.53. The molecule has 0 amide bonds. The van der Waals surface area contributed by atoms with Gasteiger partial charge in [-0.1, -0.05) is 91.0 Å². The number of benzene rings is 3. The Kier molecular flexibility index (Phi) is 5.61. The van der Waals surface area contributed by atoms with Crippen LogP contribution in [0.2, 0.25) is 0 Å². The van der Waals surface area contributed by atoms with Gasteiger partial charge in [0.25, 0.3) is 0 Å². The number of aliphatic hydroxyl groups is 1. The van der Waals surface area contributed by atoms with E-state index in [-0.39, 0.29) is 11.8 Å². The third kappa shape index (κ3) is 3.89. The summed E-state index contributed by atoms with van der Waals surface area (Å²) < 4.78 is 0. The van der Waals surface area contributed by atoms with E-state index in [4.69, 9.17) is 0 Å². The zero-order chi connectivity index (χ0) is 20.3. The third-order valence-corrected chi connectivity index (χ3v) is 6.25. The predicted molar refractivity (Wildman–Crippen MR) is 116 cm³/mol. The van der Waals surface area contributed by atoms with E-state index >= 15 is 0 Å². The second kappa shape index (κ2) is 8.32. The van der Waals surface area contributed by atoms with Crippen molar-refractivity contribution in [2.75, 3.05) is 13.1 Å². The summed E-state index contributed by atoms with van der Waals surface area (Å²) in [7, 11) is 0. The second-order valence-electron chi connectivity index (χ2n) is 7.90. The van der Waals surface area contributed by atoms with E-state index in [1.165, 1.54) is 5.56 Å². The van der Waals surface area contributed by atoms with Gasteiger partial charge < -0.3 is 5.11 Å². The molecule has 3 unspecified atom stereocenters. The van der Waals surface area contributed by atoms with E-state index < -0.39 is 11.5 Å². The molecule has 1 aliphatic rings. The van der Waals surface area contributed by atoms with Gasteiger partial charge in [-0.2, -0.15) is 0 Å². The molecule has 3 heteroatoms. The Labute approximate surface area is 172 Å². The minimum atomic E-state index is -1.17. The molecule has 1 aliphatic heterocycles. The fourth-order valence-corrected chi connectivity index (χ4v) is 4.43. The zero-order valence-electron chi connectivity index (χ0n) is 16.7. The summed E-state index contributed by atoms with van der Waals surface area (Å²) in [4.78, 5) is 15.8. The molecule has 1 N–H and O–H groups in total. The highest BCUT2D eigenvalue weighted by molar-refractivity contribution is 5.99. The topological polar surface area (TPSA) is 40.5 Å². The van der Waals surface area contributed by atoms with Crippen LogP contribution in [0.15, 0.2) is 91.0 Å². The van der Waals surface area contributed by atoms with Gasteiger partial charge in [-0.3, -0.25) is 9.69 Å². The lowest BCUT2D eigenvalue weighted by Crippen LogP contribution is -2.53. The molecule has 0 aliphatic carbocycles. The average molecular weight is 386 g/mol. The van der Waals surface area contributed by atoms with E-state index in [0.29, 0.717) is 18.5 Å². The van der Waals surface area contributed by atoms with Gasteiger partial charge in [-0.15, -0.1) is 0 Å². The lowest BCUT2D eigenvalue weighted by molar-refractivity contribution is -0.0714. The molecule has 0 spiro atoms. The maximum atomic E-state index is 13.5. The third-order valence-electron chi connectivity index (χ3n) is 6.25. The first-order valence-electron chi connectivity index (χ1n) is 10.3. The minimum absolute atomic E-state index is 0.00177. The van der Waals surface area contributed by atoms with Crippen LogP contribution >= 0.6 is 0 Å². The Morgan fingerprint density at radius 1 is 0.931 bits per heavy atom. The minimum Gasteiger partial charge on any atom is -0.384 e. The standard InChI is InChI=1S/C26H27NO2/c1-20(21-11-5-2-6-12-21)27-18-17-26(29,23-15-9-4-10-16-23)24(19-27)25(28)22-13-7-3-8-14-22/h2-16,20,24,29H,17-19H2,1H3. The summed E-state index contributed by atoms with van der Waals surface area (Å²) in [5.74, 6) is -0.519. The normalized spacial score (nSPS) is 23.4. The van der Waals surface area contributed by atoms with Gasteiger partial charge in [0.15, 0.2) is 5.78 Å². The molecule has 0 bridgehead atoms. The Balaban J connectivity index is 1.68. The molecular formula is C26H27NO2.